The van der Waals surface area contributed by atoms with E-state index in [1.807, 2.05) is 29.0 Å². The highest BCUT2D eigenvalue weighted by molar-refractivity contribution is 9.10. The minimum Gasteiger partial charge on any atom is -0.495 e. The summed E-state index contributed by atoms with van der Waals surface area (Å²) in [6, 6.07) is 18.9. The first-order valence-electron chi connectivity index (χ1n) is 10.1. The fraction of sp³-hybridized carbons (Fsp3) is 0.0800. The summed E-state index contributed by atoms with van der Waals surface area (Å²) < 4.78 is 48.1. The van der Waals surface area contributed by atoms with E-state index in [0.29, 0.717) is 16.5 Å². The van der Waals surface area contributed by atoms with Crippen LogP contribution in [0.2, 0.25) is 0 Å². The molecule has 0 saturated carbocycles. The average molecular weight is 560 g/mol. The van der Waals surface area contributed by atoms with Gasteiger partial charge in [0.1, 0.15) is 16.5 Å². The SMILES string of the molecule is COc1ccc(Br)cc1S(=O)(=O)NC(=O)/C=C/c1cc(F)ccc1Cc1cc2ccccc2s1. The molecule has 3 aromatic carbocycles. The zero-order valence-electron chi connectivity index (χ0n) is 17.9. The standard InChI is InChI=1S/C25H19BrFNO4S2/c1-32-22-10-8-19(26)15-24(22)34(30,31)28-25(29)11-7-16-12-20(27)9-6-17(16)13-21-14-18-4-2-3-5-23(18)33-21/h2-12,14-15H,13H2,1H3,(H,28,29)/b11-7+. The topological polar surface area (TPSA) is 72.5 Å². The minimum absolute atomic E-state index is 0.100. The number of nitrogens with one attached hydrogen (secondary N) is 1. The highest BCUT2D eigenvalue weighted by Gasteiger charge is 2.21. The molecule has 0 spiro atoms. The van der Waals surface area contributed by atoms with Gasteiger partial charge >= 0.3 is 0 Å². The predicted octanol–water partition coefficient (Wildman–Crippen LogP) is 5.92. The van der Waals surface area contributed by atoms with Gasteiger partial charge in [0.05, 0.1) is 7.11 Å². The highest BCUT2D eigenvalue weighted by Crippen LogP contribution is 2.29. The zero-order valence-corrected chi connectivity index (χ0v) is 21.1. The zero-order chi connectivity index (χ0) is 24.3. The van der Waals surface area contributed by atoms with Gasteiger partial charge in [0.25, 0.3) is 15.9 Å². The van der Waals surface area contributed by atoms with E-state index in [0.717, 1.165) is 26.6 Å². The van der Waals surface area contributed by atoms with Crippen LogP contribution in [0.25, 0.3) is 16.2 Å². The molecule has 1 heterocycles. The van der Waals surface area contributed by atoms with Crippen LogP contribution >= 0.6 is 27.3 Å². The minimum atomic E-state index is -4.19. The molecule has 5 nitrogen and oxygen atoms in total. The van der Waals surface area contributed by atoms with Crippen LogP contribution in [0.3, 0.4) is 0 Å². The Morgan fingerprint density at radius 3 is 2.68 bits per heavy atom. The van der Waals surface area contributed by atoms with Crippen molar-refractivity contribution in [2.45, 2.75) is 11.3 Å². The van der Waals surface area contributed by atoms with Crippen molar-refractivity contribution in [1.29, 1.82) is 0 Å². The highest BCUT2D eigenvalue weighted by atomic mass is 79.9. The van der Waals surface area contributed by atoms with E-state index in [2.05, 4.69) is 22.0 Å². The van der Waals surface area contributed by atoms with Crippen LogP contribution in [0.4, 0.5) is 4.39 Å². The van der Waals surface area contributed by atoms with E-state index >= 15 is 0 Å². The summed E-state index contributed by atoms with van der Waals surface area (Å²) in [5.41, 5.74) is 1.30. The third-order valence-corrected chi connectivity index (χ3v) is 7.99. The van der Waals surface area contributed by atoms with Crippen molar-refractivity contribution in [2.24, 2.45) is 0 Å². The van der Waals surface area contributed by atoms with Gasteiger partial charge in [-0.25, -0.2) is 17.5 Å². The lowest BCUT2D eigenvalue weighted by atomic mass is 10.0. The van der Waals surface area contributed by atoms with Crippen LogP contribution in [-0.4, -0.2) is 21.4 Å². The second-order valence-electron chi connectivity index (χ2n) is 7.37. The summed E-state index contributed by atoms with van der Waals surface area (Å²) in [7, 11) is -2.85. The van der Waals surface area contributed by atoms with Gasteiger partial charge in [-0.05, 0) is 65.1 Å². The van der Waals surface area contributed by atoms with Gasteiger partial charge in [-0.1, -0.05) is 40.2 Å². The molecule has 0 saturated heterocycles. The molecule has 174 valence electrons. The summed E-state index contributed by atoms with van der Waals surface area (Å²) in [5.74, 6) is -1.21. The fourth-order valence-corrected chi connectivity index (χ4v) is 6.18. The largest absolute Gasteiger partial charge is 0.495 e. The number of carbonyl (C=O) groups excluding carboxylic acids is 1. The van der Waals surface area contributed by atoms with Crippen molar-refractivity contribution in [3.05, 3.63) is 99.1 Å². The Morgan fingerprint density at radius 2 is 1.91 bits per heavy atom. The maximum atomic E-state index is 13.9. The number of benzene rings is 3. The Morgan fingerprint density at radius 1 is 1.12 bits per heavy atom. The number of fused-ring (bicyclic) bond motifs is 1. The molecule has 0 unspecified atom stereocenters. The molecule has 4 aromatic rings. The van der Waals surface area contributed by atoms with Crippen molar-refractivity contribution in [1.82, 2.24) is 4.72 Å². The molecule has 0 aliphatic rings. The first-order chi connectivity index (χ1) is 16.2. The number of thiophene rings is 1. The van der Waals surface area contributed by atoms with Crippen molar-refractivity contribution >= 4 is 59.4 Å². The van der Waals surface area contributed by atoms with E-state index in [4.69, 9.17) is 4.74 Å². The summed E-state index contributed by atoms with van der Waals surface area (Å²) in [5, 5.41) is 1.13. The van der Waals surface area contributed by atoms with Crippen LogP contribution in [0.15, 0.2) is 82.2 Å². The summed E-state index contributed by atoms with van der Waals surface area (Å²) in [6.45, 7) is 0. The monoisotopic (exact) mass is 559 g/mol. The predicted molar refractivity (Wildman–Crippen MR) is 136 cm³/mol. The van der Waals surface area contributed by atoms with Crippen LogP contribution in [0, 0.1) is 5.82 Å². The molecule has 0 aliphatic carbocycles. The molecule has 1 N–H and O–H groups in total. The molecule has 34 heavy (non-hydrogen) atoms. The van der Waals surface area contributed by atoms with Crippen molar-refractivity contribution in [3.8, 4) is 5.75 Å². The van der Waals surface area contributed by atoms with Crippen LogP contribution in [-0.2, 0) is 21.2 Å². The van der Waals surface area contributed by atoms with Gasteiger partial charge in [-0.3, -0.25) is 4.79 Å². The second-order valence-corrected chi connectivity index (χ2v) is 11.1. The van der Waals surface area contributed by atoms with Crippen molar-refractivity contribution < 1.29 is 22.3 Å². The third-order valence-electron chi connectivity index (χ3n) is 5.01. The summed E-state index contributed by atoms with van der Waals surface area (Å²) in [6.07, 6.45) is 3.04. The number of ether oxygens (including phenoxy) is 1. The summed E-state index contributed by atoms with van der Waals surface area (Å²) >= 11 is 4.86. The Labute approximate surface area is 209 Å². The first kappa shape index (κ1) is 24.1. The van der Waals surface area contributed by atoms with Gasteiger partial charge in [0.2, 0.25) is 0 Å². The Kier molecular flexibility index (Phi) is 7.16. The number of hydrogen-bond acceptors (Lipinski definition) is 5. The molecule has 0 bridgehead atoms. The van der Waals surface area contributed by atoms with Gasteiger partial charge in [0.15, 0.2) is 0 Å². The molecule has 1 aromatic heterocycles. The number of halogens is 2. The lowest BCUT2D eigenvalue weighted by molar-refractivity contribution is -0.114. The lowest BCUT2D eigenvalue weighted by Crippen LogP contribution is -2.29. The normalized spacial score (nSPS) is 11.7. The average Bonchev–Trinajstić information content (AvgIpc) is 3.21. The van der Waals surface area contributed by atoms with E-state index in [1.54, 1.807) is 23.5 Å². The van der Waals surface area contributed by atoms with Gasteiger partial charge in [-0.15, -0.1) is 11.3 Å². The maximum absolute atomic E-state index is 13.9. The number of sulfonamides is 1. The fourth-order valence-electron chi connectivity index (χ4n) is 3.44. The van der Waals surface area contributed by atoms with E-state index in [-0.39, 0.29) is 10.6 Å². The van der Waals surface area contributed by atoms with Crippen LogP contribution < -0.4 is 9.46 Å². The molecule has 4 rings (SSSR count). The Bertz CT molecular complexity index is 1480. The number of rotatable bonds is 7. The number of methoxy groups -OCH3 is 1. The second kappa shape index (κ2) is 10.1. The lowest BCUT2D eigenvalue weighted by Gasteiger charge is -2.10. The molecule has 0 radical (unpaired) electrons. The van der Waals surface area contributed by atoms with Crippen molar-refractivity contribution in [3.63, 3.8) is 0 Å². The Hall–Kier alpha value is -3.01. The smallest absolute Gasteiger partial charge is 0.268 e. The molecular weight excluding hydrogens is 541 g/mol. The van der Waals surface area contributed by atoms with Gasteiger partial charge < -0.3 is 4.74 Å². The van der Waals surface area contributed by atoms with Gasteiger partial charge in [-0.2, -0.15) is 0 Å². The van der Waals surface area contributed by atoms with Crippen LogP contribution in [0.1, 0.15) is 16.0 Å². The number of carbonyl (C=O) groups is 1. The Balaban J connectivity index is 1.56. The molecule has 0 atom stereocenters. The van der Waals surface area contributed by atoms with E-state index in [1.165, 1.54) is 37.5 Å². The molecule has 0 aliphatic heterocycles. The van der Waals surface area contributed by atoms with Crippen molar-refractivity contribution in [2.75, 3.05) is 7.11 Å². The number of amides is 1. The molecule has 0 fully saturated rings. The van der Waals surface area contributed by atoms with E-state index in [9.17, 15) is 17.6 Å². The third kappa shape index (κ3) is 5.55. The van der Waals surface area contributed by atoms with E-state index < -0.39 is 21.7 Å². The maximum Gasteiger partial charge on any atom is 0.268 e. The number of hydrogen-bond donors (Lipinski definition) is 1. The van der Waals surface area contributed by atoms with Crippen LogP contribution in [0.5, 0.6) is 5.75 Å². The molecule has 9 heteroatoms. The first-order valence-corrected chi connectivity index (χ1v) is 13.2. The molecule has 1 amide bonds. The molecular formula is C25H19BrFNO4S2. The summed E-state index contributed by atoms with van der Waals surface area (Å²) in [4.78, 5) is 13.4. The quantitative estimate of drug-likeness (QED) is 0.285. The van der Waals surface area contributed by atoms with Gasteiger partial charge in [0, 0.05) is 26.5 Å².